The standard InChI is InChI=1S/C16H22O4/c1-3-5-7-11-9-12(8-6-4-2)14(16(19)20)10-13(11)15(17)18/h9-10H,3-8H2,1-2H3,(H,17,18)(H,19,20). The largest absolute Gasteiger partial charge is 0.478 e. The summed E-state index contributed by atoms with van der Waals surface area (Å²) in [4.78, 5) is 22.6. The van der Waals surface area contributed by atoms with E-state index in [2.05, 4.69) is 0 Å². The van der Waals surface area contributed by atoms with Gasteiger partial charge in [-0.05, 0) is 42.9 Å². The van der Waals surface area contributed by atoms with Gasteiger partial charge in [0.2, 0.25) is 0 Å². The number of carboxylic acid groups (broad SMARTS) is 2. The second-order valence-electron chi connectivity index (χ2n) is 4.98. The average Bonchev–Trinajstić information content (AvgIpc) is 2.41. The first kappa shape index (κ1) is 16.2. The Morgan fingerprint density at radius 2 is 1.25 bits per heavy atom. The van der Waals surface area contributed by atoms with Crippen LogP contribution in [-0.2, 0) is 12.8 Å². The van der Waals surface area contributed by atoms with Crippen molar-refractivity contribution in [2.75, 3.05) is 0 Å². The van der Waals surface area contributed by atoms with Crippen LogP contribution in [0, 0.1) is 0 Å². The number of aromatic carboxylic acids is 2. The summed E-state index contributed by atoms with van der Waals surface area (Å²) in [5, 5.41) is 18.5. The summed E-state index contributed by atoms with van der Waals surface area (Å²) in [7, 11) is 0. The first-order valence-electron chi connectivity index (χ1n) is 7.13. The van der Waals surface area contributed by atoms with Gasteiger partial charge in [-0.25, -0.2) is 9.59 Å². The van der Waals surface area contributed by atoms with Crippen molar-refractivity contribution in [3.63, 3.8) is 0 Å². The van der Waals surface area contributed by atoms with E-state index < -0.39 is 11.9 Å². The summed E-state index contributed by atoms with van der Waals surface area (Å²) in [6, 6.07) is 3.10. The molecule has 0 saturated heterocycles. The lowest BCUT2D eigenvalue weighted by molar-refractivity contribution is 0.0695. The molecule has 1 aromatic carbocycles. The predicted molar refractivity (Wildman–Crippen MR) is 77.6 cm³/mol. The van der Waals surface area contributed by atoms with Crippen LogP contribution in [0.1, 0.15) is 71.4 Å². The van der Waals surface area contributed by atoms with Crippen molar-refractivity contribution in [1.82, 2.24) is 0 Å². The molecule has 4 heteroatoms. The summed E-state index contributed by atoms with van der Waals surface area (Å²) >= 11 is 0. The maximum Gasteiger partial charge on any atom is 0.335 e. The van der Waals surface area contributed by atoms with Gasteiger partial charge in [-0.1, -0.05) is 32.8 Å². The third-order valence-electron chi connectivity index (χ3n) is 3.39. The Labute approximate surface area is 119 Å². The van der Waals surface area contributed by atoms with Gasteiger partial charge in [0.15, 0.2) is 0 Å². The maximum atomic E-state index is 11.3. The van der Waals surface area contributed by atoms with Gasteiger partial charge in [0.05, 0.1) is 11.1 Å². The zero-order valence-electron chi connectivity index (χ0n) is 12.1. The average molecular weight is 278 g/mol. The molecule has 0 saturated carbocycles. The van der Waals surface area contributed by atoms with E-state index in [-0.39, 0.29) is 11.1 Å². The lowest BCUT2D eigenvalue weighted by Crippen LogP contribution is -2.10. The van der Waals surface area contributed by atoms with Crippen LogP contribution in [0.2, 0.25) is 0 Å². The lowest BCUT2D eigenvalue weighted by atomic mass is 9.93. The van der Waals surface area contributed by atoms with Gasteiger partial charge < -0.3 is 10.2 Å². The van der Waals surface area contributed by atoms with Crippen LogP contribution in [0.3, 0.4) is 0 Å². The fraction of sp³-hybridized carbons (Fsp3) is 0.500. The van der Waals surface area contributed by atoms with E-state index in [9.17, 15) is 19.8 Å². The highest BCUT2D eigenvalue weighted by Crippen LogP contribution is 2.21. The van der Waals surface area contributed by atoms with Gasteiger partial charge in [-0.2, -0.15) is 0 Å². The Kier molecular flexibility index (Phi) is 6.22. The topological polar surface area (TPSA) is 74.6 Å². The van der Waals surface area contributed by atoms with E-state index in [4.69, 9.17) is 0 Å². The Morgan fingerprint density at radius 3 is 1.55 bits per heavy atom. The van der Waals surface area contributed by atoms with Gasteiger partial charge in [0.25, 0.3) is 0 Å². The van der Waals surface area contributed by atoms with Crippen LogP contribution in [0.15, 0.2) is 12.1 Å². The van der Waals surface area contributed by atoms with Crippen LogP contribution in [0.5, 0.6) is 0 Å². The van der Waals surface area contributed by atoms with Gasteiger partial charge in [0.1, 0.15) is 0 Å². The van der Waals surface area contributed by atoms with E-state index in [0.717, 1.165) is 36.8 Å². The van der Waals surface area contributed by atoms with Crippen molar-refractivity contribution in [2.45, 2.75) is 52.4 Å². The number of aryl methyl sites for hydroxylation is 2. The molecule has 0 aliphatic carbocycles. The van der Waals surface area contributed by atoms with Gasteiger partial charge in [0, 0.05) is 0 Å². The zero-order valence-corrected chi connectivity index (χ0v) is 12.1. The van der Waals surface area contributed by atoms with Crippen molar-refractivity contribution in [3.8, 4) is 0 Å². The Morgan fingerprint density at radius 1 is 0.850 bits per heavy atom. The van der Waals surface area contributed by atoms with Gasteiger partial charge in [-0.3, -0.25) is 0 Å². The van der Waals surface area contributed by atoms with E-state index in [1.165, 1.54) is 6.07 Å². The summed E-state index contributed by atoms with van der Waals surface area (Å²) in [6.45, 7) is 4.09. The van der Waals surface area contributed by atoms with Crippen LogP contribution in [0.4, 0.5) is 0 Å². The Hall–Kier alpha value is -1.84. The summed E-state index contributed by atoms with van der Waals surface area (Å²) in [5.74, 6) is -2.11. The fourth-order valence-electron chi connectivity index (χ4n) is 2.24. The summed E-state index contributed by atoms with van der Waals surface area (Å²) in [6.07, 6.45) is 5.11. The minimum Gasteiger partial charge on any atom is -0.478 e. The van der Waals surface area contributed by atoms with Crippen molar-refractivity contribution in [1.29, 1.82) is 0 Å². The van der Waals surface area contributed by atoms with Crippen LogP contribution >= 0.6 is 0 Å². The van der Waals surface area contributed by atoms with Crippen LogP contribution in [0.25, 0.3) is 0 Å². The van der Waals surface area contributed by atoms with Gasteiger partial charge in [-0.15, -0.1) is 0 Å². The van der Waals surface area contributed by atoms with Crippen molar-refractivity contribution in [2.24, 2.45) is 0 Å². The smallest absolute Gasteiger partial charge is 0.335 e. The molecule has 110 valence electrons. The molecule has 0 heterocycles. The first-order chi connectivity index (χ1) is 9.51. The Balaban J connectivity index is 3.27. The molecule has 2 N–H and O–H groups in total. The molecule has 0 amide bonds. The van der Waals surface area contributed by atoms with E-state index in [1.807, 2.05) is 13.8 Å². The normalized spacial score (nSPS) is 10.5. The van der Waals surface area contributed by atoms with E-state index in [1.54, 1.807) is 6.07 Å². The third-order valence-corrected chi connectivity index (χ3v) is 3.39. The number of benzene rings is 1. The second-order valence-corrected chi connectivity index (χ2v) is 4.98. The van der Waals surface area contributed by atoms with Crippen molar-refractivity contribution >= 4 is 11.9 Å². The molecule has 4 nitrogen and oxygen atoms in total. The first-order valence-corrected chi connectivity index (χ1v) is 7.13. The number of unbranched alkanes of at least 4 members (excludes halogenated alkanes) is 2. The molecule has 0 unspecified atom stereocenters. The van der Waals surface area contributed by atoms with Crippen LogP contribution < -0.4 is 0 Å². The van der Waals surface area contributed by atoms with Gasteiger partial charge >= 0.3 is 11.9 Å². The van der Waals surface area contributed by atoms with E-state index in [0.29, 0.717) is 12.8 Å². The molecule has 1 rings (SSSR count). The summed E-state index contributed by atoms with van der Waals surface area (Å²) < 4.78 is 0. The summed E-state index contributed by atoms with van der Waals surface area (Å²) in [5.41, 5.74) is 1.73. The molecule has 0 radical (unpaired) electrons. The molecule has 0 atom stereocenters. The zero-order chi connectivity index (χ0) is 15.1. The maximum absolute atomic E-state index is 11.3. The number of rotatable bonds is 8. The quantitative estimate of drug-likeness (QED) is 0.759. The molecule has 0 spiro atoms. The lowest BCUT2D eigenvalue weighted by Gasteiger charge is -2.12. The second kappa shape index (κ2) is 7.68. The number of carboxylic acids is 2. The highest BCUT2D eigenvalue weighted by molar-refractivity contribution is 5.96. The molecule has 0 aromatic heterocycles. The molecular weight excluding hydrogens is 256 g/mol. The Bertz CT molecular complexity index is 450. The molecule has 0 aliphatic heterocycles. The molecular formula is C16H22O4. The highest BCUT2D eigenvalue weighted by Gasteiger charge is 2.18. The molecule has 20 heavy (non-hydrogen) atoms. The van der Waals surface area contributed by atoms with E-state index >= 15 is 0 Å². The molecule has 0 bridgehead atoms. The highest BCUT2D eigenvalue weighted by atomic mass is 16.4. The molecule has 0 fully saturated rings. The van der Waals surface area contributed by atoms with Crippen LogP contribution in [-0.4, -0.2) is 22.2 Å². The number of hydrogen-bond acceptors (Lipinski definition) is 2. The van der Waals surface area contributed by atoms with Crippen molar-refractivity contribution in [3.05, 3.63) is 34.4 Å². The van der Waals surface area contributed by atoms with Crippen molar-refractivity contribution < 1.29 is 19.8 Å². The third kappa shape index (κ3) is 4.08. The fourth-order valence-corrected chi connectivity index (χ4v) is 2.24. The monoisotopic (exact) mass is 278 g/mol. The molecule has 0 aliphatic rings. The SMILES string of the molecule is CCCCc1cc(CCCC)c(C(=O)O)cc1C(=O)O. The number of carbonyl (C=O) groups is 2. The minimum absolute atomic E-state index is 0.121. The minimum atomic E-state index is -1.05. The molecule has 1 aromatic rings. The number of hydrogen-bond donors (Lipinski definition) is 2. The predicted octanol–water partition coefficient (Wildman–Crippen LogP) is 3.77.